The predicted molar refractivity (Wildman–Crippen MR) is 69.5 cm³/mol. The van der Waals surface area contributed by atoms with Crippen LogP contribution in [-0.4, -0.2) is 48.8 Å². The van der Waals surface area contributed by atoms with Gasteiger partial charge in [-0.05, 0) is 5.92 Å². The van der Waals surface area contributed by atoms with E-state index in [1.54, 1.807) is 23.9 Å². The van der Waals surface area contributed by atoms with E-state index in [2.05, 4.69) is 13.8 Å². The Bertz CT molecular complexity index is 269. The molecule has 0 aromatic carbocycles. The van der Waals surface area contributed by atoms with Crippen LogP contribution in [0.2, 0.25) is 0 Å². The minimum Gasteiger partial charge on any atom is -0.343 e. The molecule has 0 N–H and O–H groups in total. The van der Waals surface area contributed by atoms with Gasteiger partial charge in [-0.2, -0.15) is 0 Å². The monoisotopic (exact) mass is 242 g/mol. The first-order valence-corrected chi connectivity index (χ1v) is 6.04. The van der Waals surface area contributed by atoms with Gasteiger partial charge >= 0.3 is 0 Å². The first-order valence-electron chi connectivity index (χ1n) is 6.04. The lowest BCUT2D eigenvalue weighted by molar-refractivity contribution is -0.139. The van der Waals surface area contributed by atoms with Crippen molar-refractivity contribution < 1.29 is 9.59 Å². The van der Waals surface area contributed by atoms with Crippen LogP contribution in [0.3, 0.4) is 0 Å². The predicted octanol–water partition coefficient (Wildman–Crippen LogP) is 1.60. The summed E-state index contributed by atoms with van der Waals surface area (Å²) in [5.74, 6) is 0.419. The minimum atomic E-state index is -0.379. The summed E-state index contributed by atoms with van der Waals surface area (Å²) in [5, 5.41) is 0. The van der Waals surface area contributed by atoms with Gasteiger partial charge in [0.2, 0.25) is 12.3 Å². The number of hydrogen-bond donors (Lipinski definition) is 0. The van der Waals surface area contributed by atoms with Crippen molar-refractivity contribution in [3.63, 3.8) is 0 Å². The van der Waals surface area contributed by atoms with Gasteiger partial charge in [-0.1, -0.05) is 34.6 Å². The number of amides is 2. The van der Waals surface area contributed by atoms with Gasteiger partial charge in [0.25, 0.3) is 0 Å². The first kappa shape index (κ1) is 15.9. The summed E-state index contributed by atoms with van der Waals surface area (Å²) in [6.07, 6.45) is 0.820. The summed E-state index contributed by atoms with van der Waals surface area (Å²) in [6.45, 7) is 10.4. The normalized spacial score (nSPS) is 13.4. The molecule has 0 heterocycles. The molecule has 0 saturated heterocycles. The highest BCUT2D eigenvalue weighted by Gasteiger charge is 2.28. The summed E-state index contributed by atoms with van der Waals surface area (Å²) in [7, 11) is 3.55. The van der Waals surface area contributed by atoms with Crippen molar-refractivity contribution in [3.8, 4) is 0 Å². The van der Waals surface area contributed by atoms with Gasteiger partial charge in [-0.25, -0.2) is 0 Å². The molecule has 4 heteroatoms. The molecule has 0 aliphatic carbocycles. The van der Waals surface area contributed by atoms with E-state index in [-0.39, 0.29) is 17.4 Å². The average molecular weight is 242 g/mol. The third kappa shape index (κ3) is 4.75. The smallest absolute Gasteiger partial charge is 0.227 e. The van der Waals surface area contributed by atoms with Crippen LogP contribution < -0.4 is 0 Å². The van der Waals surface area contributed by atoms with Crippen molar-refractivity contribution in [2.45, 2.75) is 40.7 Å². The number of hydrogen-bond acceptors (Lipinski definition) is 2. The molecule has 0 fully saturated rings. The molecule has 0 saturated carbocycles. The standard InChI is InChI=1S/C13H26N2O2/c1-10(2)11(15(7)9-16)8-14(6)12(17)13(3,4)5/h9-11H,8H2,1-7H3. The summed E-state index contributed by atoms with van der Waals surface area (Å²) in [6, 6.07) is 0.0591. The highest BCUT2D eigenvalue weighted by atomic mass is 16.2. The molecule has 17 heavy (non-hydrogen) atoms. The van der Waals surface area contributed by atoms with Gasteiger partial charge in [0.1, 0.15) is 0 Å². The van der Waals surface area contributed by atoms with E-state index < -0.39 is 0 Å². The Kier molecular flexibility index (Phi) is 5.66. The van der Waals surface area contributed by atoms with E-state index >= 15 is 0 Å². The van der Waals surface area contributed by atoms with Gasteiger partial charge in [-0.3, -0.25) is 9.59 Å². The lowest BCUT2D eigenvalue weighted by Crippen LogP contribution is -2.47. The third-order valence-electron chi connectivity index (χ3n) is 2.91. The molecule has 0 rings (SSSR count). The van der Waals surface area contributed by atoms with E-state index in [1.807, 2.05) is 20.8 Å². The maximum Gasteiger partial charge on any atom is 0.227 e. The van der Waals surface area contributed by atoms with Crippen LogP contribution in [0.5, 0.6) is 0 Å². The zero-order valence-corrected chi connectivity index (χ0v) is 12.2. The second-order valence-corrected chi connectivity index (χ2v) is 6.02. The Labute approximate surface area is 105 Å². The Balaban J connectivity index is 4.68. The molecule has 0 radical (unpaired) electrons. The van der Waals surface area contributed by atoms with Crippen molar-refractivity contribution in [2.75, 3.05) is 20.6 Å². The van der Waals surface area contributed by atoms with Crippen LogP contribution in [0.4, 0.5) is 0 Å². The van der Waals surface area contributed by atoms with Crippen molar-refractivity contribution in [2.24, 2.45) is 11.3 Å². The second-order valence-electron chi connectivity index (χ2n) is 6.02. The highest BCUT2D eigenvalue weighted by Crippen LogP contribution is 2.18. The van der Waals surface area contributed by atoms with Crippen LogP contribution in [0.25, 0.3) is 0 Å². The topological polar surface area (TPSA) is 40.6 Å². The largest absolute Gasteiger partial charge is 0.343 e. The van der Waals surface area contributed by atoms with Crippen LogP contribution in [0.1, 0.15) is 34.6 Å². The molecule has 0 spiro atoms. The number of carbonyl (C=O) groups is 2. The van der Waals surface area contributed by atoms with Crippen molar-refractivity contribution in [3.05, 3.63) is 0 Å². The van der Waals surface area contributed by atoms with Crippen molar-refractivity contribution >= 4 is 12.3 Å². The molecule has 0 bridgehead atoms. The van der Waals surface area contributed by atoms with E-state index in [0.29, 0.717) is 12.5 Å². The molecule has 100 valence electrons. The minimum absolute atomic E-state index is 0.0591. The van der Waals surface area contributed by atoms with Crippen LogP contribution in [0.15, 0.2) is 0 Å². The Hall–Kier alpha value is -1.06. The molecular weight excluding hydrogens is 216 g/mol. The third-order valence-corrected chi connectivity index (χ3v) is 2.91. The molecule has 0 aliphatic heterocycles. The number of likely N-dealkylation sites (N-methyl/N-ethyl adjacent to an activating group) is 2. The van der Waals surface area contributed by atoms with Gasteiger partial charge in [0.05, 0.1) is 6.04 Å². The SMILES string of the molecule is CC(C)C(CN(C)C(=O)C(C)(C)C)N(C)C=O. The van der Waals surface area contributed by atoms with Gasteiger partial charge in [0, 0.05) is 26.1 Å². The molecule has 4 nitrogen and oxygen atoms in total. The number of carbonyl (C=O) groups excluding carboxylic acids is 2. The van der Waals surface area contributed by atoms with Crippen LogP contribution in [-0.2, 0) is 9.59 Å². The maximum atomic E-state index is 12.1. The average Bonchev–Trinajstić information content (AvgIpc) is 2.21. The van der Waals surface area contributed by atoms with Gasteiger partial charge < -0.3 is 9.80 Å². The molecule has 0 aromatic rings. The molecule has 2 amide bonds. The molecule has 0 aromatic heterocycles. The summed E-state index contributed by atoms with van der Waals surface area (Å²) in [5.41, 5.74) is -0.379. The second kappa shape index (κ2) is 6.03. The zero-order valence-electron chi connectivity index (χ0n) is 12.2. The molecular formula is C13H26N2O2. The molecule has 0 aliphatic rings. The van der Waals surface area contributed by atoms with Gasteiger partial charge in [0.15, 0.2) is 0 Å². The molecule has 1 atom stereocenters. The molecule has 1 unspecified atom stereocenters. The van der Waals surface area contributed by atoms with Crippen molar-refractivity contribution in [1.29, 1.82) is 0 Å². The van der Waals surface area contributed by atoms with E-state index in [4.69, 9.17) is 0 Å². The highest BCUT2D eigenvalue weighted by molar-refractivity contribution is 5.81. The van der Waals surface area contributed by atoms with E-state index in [9.17, 15) is 9.59 Å². The lowest BCUT2D eigenvalue weighted by atomic mass is 9.94. The van der Waals surface area contributed by atoms with Crippen molar-refractivity contribution in [1.82, 2.24) is 9.80 Å². The number of rotatable bonds is 5. The quantitative estimate of drug-likeness (QED) is 0.687. The summed E-state index contributed by atoms with van der Waals surface area (Å²) >= 11 is 0. The fourth-order valence-electron chi connectivity index (χ4n) is 1.82. The number of nitrogens with zero attached hydrogens (tertiary/aromatic N) is 2. The lowest BCUT2D eigenvalue weighted by Gasteiger charge is -2.34. The Morgan fingerprint density at radius 2 is 1.71 bits per heavy atom. The summed E-state index contributed by atoms with van der Waals surface area (Å²) < 4.78 is 0. The van der Waals surface area contributed by atoms with E-state index in [1.165, 1.54) is 0 Å². The van der Waals surface area contributed by atoms with Gasteiger partial charge in [-0.15, -0.1) is 0 Å². The summed E-state index contributed by atoms with van der Waals surface area (Å²) in [4.78, 5) is 26.2. The fraction of sp³-hybridized carbons (Fsp3) is 0.846. The fourth-order valence-corrected chi connectivity index (χ4v) is 1.82. The maximum absolute atomic E-state index is 12.1. The van der Waals surface area contributed by atoms with Crippen LogP contribution in [0, 0.1) is 11.3 Å². The first-order chi connectivity index (χ1) is 7.61. The Morgan fingerprint density at radius 3 is 2.00 bits per heavy atom. The zero-order chi connectivity index (χ0) is 13.8. The van der Waals surface area contributed by atoms with E-state index in [0.717, 1.165) is 6.41 Å². The Morgan fingerprint density at radius 1 is 1.24 bits per heavy atom. The van der Waals surface area contributed by atoms with Crippen LogP contribution >= 0.6 is 0 Å².